The Balaban J connectivity index is 1.10. The van der Waals surface area contributed by atoms with E-state index in [9.17, 15) is 13.7 Å². The molecule has 7 nitrogen and oxygen atoms in total. The summed E-state index contributed by atoms with van der Waals surface area (Å²) in [6.07, 6.45) is 11.9. The van der Waals surface area contributed by atoms with Crippen molar-refractivity contribution in [3.8, 4) is 0 Å². The smallest absolute Gasteiger partial charge is 0.225 e. The highest BCUT2D eigenvalue weighted by atomic mass is 32.2. The molecule has 9 heteroatoms. The highest BCUT2D eigenvalue weighted by molar-refractivity contribution is 7.90. The number of hydrogen-bond acceptors (Lipinski definition) is 6. The molecule has 0 saturated heterocycles. The van der Waals surface area contributed by atoms with Crippen molar-refractivity contribution in [1.82, 2.24) is 15.3 Å². The summed E-state index contributed by atoms with van der Waals surface area (Å²) < 4.78 is 26.2. The summed E-state index contributed by atoms with van der Waals surface area (Å²) in [6.45, 7) is 2.00. The van der Waals surface area contributed by atoms with Crippen LogP contribution in [-0.2, 0) is 28.8 Å². The van der Waals surface area contributed by atoms with E-state index in [4.69, 9.17) is 9.97 Å². The molecule has 2 aromatic carbocycles. The molecule has 3 aliphatic carbocycles. The zero-order valence-corrected chi connectivity index (χ0v) is 27.4. The fourth-order valence-electron chi connectivity index (χ4n) is 6.92. The number of carbonyl (C=O) groups is 1. The third-order valence-corrected chi connectivity index (χ3v) is 10.3. The SMILES string of the molecule is CC1=C(CC(=O)NC2CCC(Nc3nc4c(c(N(C)C)n3)CCCC4)CC2)c2cc(F)ccc2C1=Cc1ccc([S+](C)[O-])cc1. The van der Waals surface area contributed by atoms with Crippen LogP contribution in [0.2, 0.25) is 0 Å². The molecule has 6 rings (SSSR count). The van der Waals surface area contributed by atoms with E-state index in [1.807, 2.05) is 45.3 Å². The number of benzene rings is 2. The summed E-state index contributed by atoms with van der Waals surface area (Å²) in [6, 6.07) is 12.8. The van der Waals surface area contributed by atoms with Gasteiger partial charge in [-0.15, -0.1) is 0 Å². The molecule has 1 fully saturated rings. The molecule has 0 aliphatic heterocycles. The predicted octanol–water partition coefficient (Wildman–Crippen LogP) is 6.56. The number of aromatic nitrogens is 2. The standard InChI is InChI=1S/C36H42FN5O2S/c1-22-30(19-23-9-16-27(17-10-23)45(4)44)28-18-11-24(37)20-32(28)31(22)21-34(43)38-25-12-14-26(15-13-25)39-36-40-33-8-6-5-7-29(33)35(41-36)42(2)3/h9-11,16-20,25-26H,5-8,12-15,21H2,1-4H3,(H,38,43)(H,39,40,41). The van der Waals surface area contributed by atoms with Gasteiger partial charge < -0.3 is 20.1 Å². The number of allylic oxidation sites excluding steroid dienone is 2. The first-order chi connectivity index (χ1) is 21.7. The van der Waals surface area contributed by atoms with Gasteiger partial charge >= 0.3 is 0 Å². The molecule has 0 spiro atoms. The number of carbonyl (C=O) groups excluding carboxylic acids is 1. The number of nitrogens with one attached hydrogen (secondary N) is 2. The minimum Gasteiger partial charge on any atom is -0.612 e. The molecule has 3 aliphatic rings. The second-order valence-corrected chi connectivity index (χ2v) is 14.1. The number of fused-ring (bicyclic) bond motifs is 2. The van der Waals surface area contributed by atoms with E-state index in [1.54, 1.807) is 12.3 Å². The van der Waals surface area contributed by atoms with Crippen LogP contribution in [0.25, 0.3) is 17.2 Å². The molecular weight excluding hydrogens is 585 g/mol. The minimum atomic E-state index is -1.04. The van der Waals surface area contributed by atoms with Gasteiger partial charge in [-0.2, -0.15) is 4.98 Å². The van der Waals surface area contributed by atoms with Gasteiger partial charge in [0.1, 0.15) is 17.9 Å². The number of halogens is 1. The molecule has 1 heterocycles. The van der Waals surface area contributed by atoms with E-state index >= 15 is 0 Å². The second kappa shape index (κ2) is 13.3. The van der Waals surface area contributed by atoms with Gasteiger partial charge in [-0.05, 0) is 145 Å². The summed E-state index contributed by atoms with van der Waals surface area (Å²) in [7, 11) is 4.08. The maximum atomic E-state index is 14.4. The first-order valence-electron chi connectivity index (χ1n) is 15.9. The van der Waals surface area contributed by atoms with Gasteiger partial charge in [0.05, 0.1) is 12.1 Å². The molecule has 1 aromatic heterocycles. The summed E-state index contributed by atoms with van der Waals surface area (Å²) >= 11 is -1.04. The molecule has 45 heavy (non-hydrogen) atoms. The van der Waals surface area contributed by atoms with Crippen LogP contribution in [-0.4, -0.2) is 52.9 Å². The molecule has 236 valence electrons. The first kappa shape index (κ1) is 31.3. The summed E-state index contributed by atoms with van der Waals surface area (Å²) in [4.78, 5) is 26.0. The number of rotatable bonds is 8. The third-order valence-electron chi connectivity index (χ3n) is 9.32. The Labute approximate surface area is 268 Å². The molecule has 0 bridgehead atoms. The Morgan fingerprint density at radius 3 is 2.44 bits per heavy atom. The van der Waals surface area contributed by atoms with Gasteiger partial charge in [-0.25, -0.2) is 9.37 Å². The van der Waals surface area contributed by atoms with Gasteiger partial charge in [-0.1, -0.05) is 6.07 Å². The minimum absolute atomic E-state index is 0.0411. The quantitative estimate of drug-likeness (QED) is 0.275. The zero-order valence-electron chi connectivity index (χ0n) is 26.6. The molecule has 3 aromatic rings. The van der Waals surface area contributed by atoms with Crippen LogP contribution < -0.4 is 15.5 Å². The van der Waals surface area contributed by atoms with E-state index < -0.39 is 11.2 Å². The van der Waals surface area contributed by atoms with Gasteiger partial charge in [0.2, 0.25) is 11.9 Å². The Bertz CT molecular complexity index is 1640. The normalized spacial score (nSPS) is 20.9. The van der Waals surface area contributed by atoms with Crippen LogP contribution in [0.1, 0.15) is 79.8 Å². The fourth-order valence-corrected chi connectivity index (χ4v) is 7.44. The number of aryl methyl sites for hydroxylation is 1. The van der Waals surface area contributed by atoms with Crippen molar-refractivity contribution >= 4 is 46.1 Å². The number of anilines is 2. The zero-order chi connectivity index (χ0) is 31.7. The molecule has 0 radical (unpaired) electrons. The van der Waals surface area contributed by atoms with E-state index in [-0.39, 0.29) is 30.2 Å². The van der Waals surface area contributed by atoms with Crippen molar-refractivity contribution in [3.05, 3.63) is 81.8 Å². The highest BCUT2D eigenvalue weighted by Crippen LogP contribution is 2.44. The summed E-state index contributed by atoms with van der Waals surface area (Å²) in [5.74, 6) is 1.37. The molecular formula is C36H42FN5O2S. The average molecular weight is 628 g/mol. The van der Waals surface area contributed by atoms with Crippen molar-refractivity contribution in [2.75, 3.05) is 30.6 Å². The van der Waals surface area contributed by atoms with Crippen LogP contribution in [0.15, 0.2) is 52.9 Å². The first-order valence-corrected chi connectivity index (χ1v) is 17.5. The van der Waals surface area contributed by atoms with Crippen molar-refractivity contribution < 1.29 is 13.7 Å². The number of amides is 1. The van der Waals surface area contributed by atoms with Gasteiger partial charge in [0.15, 0.2) is 4.90 Å². The topological polar surface area (TPSA) is 93.2 Å². The Kier molecular flexibility index (Phi) is 9.28. The predicted molar refractivity (Wildman–Crippen MR) is 181 cm³/mol. The van der Waals surface area contributed by atoms with Gasteiger partial charge in [0.25, 0.3) is 0 Å². The van der Waals surface area contributed by atoms with E-state index in [0.717, 1.165) is 82.6 Å². The highest BCUT2D eigenvalue weighted by Gasteiger charge is 2.28. The van der Waals surface area contributed by atoms with Crippen LogP contribution in [0, 0.1) is 5.82 Å². The van der Waals surface area contributed by atoms with Crippen LogP contribution in [0.5, 0.6) is 0 Å². The maximum Gasteiger partial charge on any atom is 0.225 e. The molecule has 1 unspecified atom stereocenters. The Hall–Kier alpha value is -3.69. The summed E-state index contributed by atoms with van der Waals surface area (Å²) in [5, 5.41) is 6.85. The van der Waals surface area contributed by atoms with Crippen LogP contribution >= 0.6 is 0 Å². The van der Waals surface area contributed by atoms with E-state index in [0.29, 0.717) is 5.95 Å². The number of nitrogens with zero attached hydrogens (tertiary/aromatic N) is 3. The maximum absolute atomic E-state index is 14.4. The van der Waals surface area contributed by atoms with Crippen LogP contribution in [0.3, 0.4) is 0 Å². The lowest BCUT2D eigenvalue weighted by Gasteiger charge is -2.30. The van der Waals surface area contributed by atoms with Gasteiger partial charge in [0, 0.05) is 31.7 Å². The fraction of sp³-hybridized carbons (Fsp3) is 0.417. The monoisotopic (exact) mass is 627 g/mol. The molecule has 2 N–H and O–H groups in total. The number of hydrogen-bond donors (Lipinski definition) is 2. The Morgan fingerprint density at radius 1 is 1.02 bits per heavy atom. The lowest BCUT2D eigenvalue weighted by molar-refractivity contribution is -0.121. The summed E-state index contributed by atoms with van der Waals surface area (Å²) in [5.41, 5.74) is 7.93. The lowest BCUT2D eigenvalue weighted by Crippen LogP contribution is -2.40. The molecule has 1 amide bonds. The van der Waals surface area contributed by atoms with Gasteiger partial charge in [-0.3, -0.25) is 4.79 Å². The van der Waals surface area contributed by atoms with E-state index in [2.05, 4.69) is 21.6 Å². The Morgan fingerprint density at radius 2 is 1.73 bits per heavy atom. The molecule has 1 atom stereocenters. The third kappa shape index (κ3) is 6.94. The largest absolute Gasteiger partial charge is 0.612 e. The van der Waals surface area contributed by atoms with Crippen molar-refractivity contribution in [2.24, 2.45) is 0 Å². The van der Waals surface area contributed by atoms with E-state index in [1.165, 1.54) is 36.2 Å². The van der Waals surface area contributed by atoms with Crippen LogP contribution in [0.4, 0.5) is 16.2 Å². The second-order valence-electron chi connectivity index (χ2n) is 12.7. The lowest BCUT2D eigenvalue weighted by atomic mass is 9.91. The van der Waals surface area contributed by atoms with Crippen molar-refractivity contribution in [3.63, 3.8) is 0 Å². The average Bonchev–Trinajstić information content (AvgIpc) is 3.26. The van der Waals surface area contributed by atoms with Crippen molar-refractivity contribution in [1.29, 1.82) is 0 Å². The molecule has 1 saturated carbocycles. The van der Waals surface area contributed by atoms with Crippen molar-refractivity contribution in [2.45, 2.75) is 81.7 Å².